The standard InChI is InChI=1S/C30H27ClN4O4S2/c1-22-14-16-34(17-15-22)41(38,39)28-9-5-6-23(18-28)30-24(21-35(33-30)26-7-3-2-4-8-26)19-29(20-32)40(36,37)27-12-10-25(31)11-13-27/h2-13,18-19,21-22H,14-17H2,1H3/b29-19-. The first-order valence-electron chi connectivity index (χ1n) is 13.0. The molecule has 1 aliphatic rings. The number of sulfonamides is 1. The summed E-state index contributed by atoms with van der Waals surface area (Å²) in [5.74, 6) is 0.475. The average molecular weight is 607 g/mol. The molecule has 0 amide bonds. The molecule has 1 aliphatic heterocycles. The molecule has 3 aromatic carbocycles. The second-order valence-electron chi connectivity index (χ2n) is 9.91. The van der Waals surface area contributed by atoms with Gasteiger partial charge in [-0.25, -0.2) is 21.5 Å². The van der Waals surface area contributed by atoms with Crippen LogP contribution in [0.2, 0.25) is 5.02 Å². The van der Waals surface area contributed by atoms with E-state index < -0.39 is 24.8 Å². The second kappa shape index (κ2) is 11.6. The van der Waals surface area contributed by atoms with Gasteiger partial charge in [0.05, 0.1) is 15.5 Å². The van der Waals surface area contributed by atoms with Crippen LogP contribution < -0.4 is 0 Å². The quantitative estimate of drug-likeness (QED) is 0.240. The lowest BCUT2D eigenvalue weighted by atomic mass is 10.0. The summed E-state index contributed by atoms with van der Waals surface area (Å²) in [5.41, 5.74) is 1.85. The first-order valence-corrected chi connectivity index (χ1v) is 16.3. The van der Waals surface area contributed by atoms with Gasteiger partial charge in [-0.3, -0.25) is 0 Å². The summed E-state index contributed by atoms with van der Waals surface area (Å²) in [6.45, 7) is 3.03. The van der Waals surface area contributed by atoms with E-state index in [4.69, 9.17) is 16.7 Å². The smallest absolute Gasteiger partial charge is 0.240 e. The monoisotopic (exact) mass is 606 g/mol. The zero-order valence-corrected chi connectivity index (χ0v) is 24.6. The zero-order valence-electron chi connectivity index (χ0n) is 22.2. The second-order valence-corrected chi connectivity index (χ2v) is 14.2. The van der Waals surface area contributed by atoms with Gasteiger partial charge in [0.2, 0.25) is 19.9 Å². The Morgan fingerprint density at radius 3 is 2.29 bits per heavy atom. The summed E-state index contributed by atoms with van der Waals surface area (Å²) in [7, 11) is -7.91. The summed E-state index contributed by atoms with van der Waals surface area (Å²) in [5, 5.41) is 15.0. The minimum atomic E-state index is -4.17. The molecule has 0 N–H and O–H groups in total. The summed E-state index contributed by atoms with van der Waals surface area (Å²) in [6, 6.07) is 23.0. The number of halogens is 1. The van der Waals surface area contributed by atoms with Crippen molar-refractivity contribution in [1.82, 2.24) is 14.1 Å². The van der Waals surface area contributed by atoms with Gasteiger partial charge in [-0.15, -0.1) is 0 Å². The number of para-hydroxylation sites is 1. The lowest BCUT2D eigenvalue weighted by Crippen LogP contribution is -2.37. The normalized spacial score (nSPS) is 15.5. The zero-order chi connectivity index (χ0) is 29.2. The van der Waals surface area contributed by atoms with Gasteiger partial charge >= 0.3 is 0 Å². The van der Waals surface area contributed by atoms with Crippen LogP contribution in [0.25, 0.3) is 23.0 Å². The lowest BCUT2D eigenvalue weighted by Gasteiger charge is -2.29. The van der Waals surface area contributed by atoms with Gasteiger partial charge in [0.25, 0.3) is 0 Å². The highest BCUT2D eigenvalue weighted by atomic mass is 35.5. The van der Waals surface area contributed by atoms with Crippen molar-refractivity contribution < 1.29 is 16.8 Å². The van der Waals surface area contributed by atoms with E-state index in [0.717, 1.165) is 12.8 Å². The molecule has 0 radical (unpaired) electrons. The third-order valence-corrected chi connectivity index (χ3v) is 10.9. The molecule has 1 aromatic heterocycles. The summed E-state index contributed by atoms with van der Waals surface area (Å²) >= 11 is 5.92. The Hall–Kier alpha value is -3.75. The minimum Gasteiger partial charge on any atom is -0.240 e. The van der Waals surface area contributed by atoms with Gasteiger partial charge in [0, 0.05) is 35.4 Å². The fourth-order valence-corrected chi connectivity index (χ4v) is 7.45. The van der Waals surface area contributed by atoms with Crippen LogP contribution >= 0.6 is 11.6 Å². The summed E-state index contributed by atoms with van der Waals surface area (Å²) < 4.78 is 56.7. The number of benzene rings is 3. The fourth-order valence-electron chi connectivity index (χ4n) is 4.66. The molecule has 1 saturated heterocycles. The van der Waals surface area contributed by atoms with Gasteiger partial charge in [0.1, 0.15) is 16.7 Å². The van der Waals surface area contributed by atoms with Gasteiger partial charge in [-0.05, 0) is 73.4 Å². The van der Waals surface area contributed by atoms with E-state index in [1.165, 1.54) is 34.6 Å². The molecular weight excluding hydrogens is 580 g/mol. The first kappa shape index (κ1) is 28.8. The molecule has 2 heterocycles. The lowest BCUT2D eigenvalue weighted by molar-refractivity contribution is 0.288. The molecule has 4 aromatic rings. The van der Waals surface area contributed by atoms with E-state index >= 15 is 0 Å². The van der Waals surface area contributed by atoms with E-state index in [1.807, 2.05) is 36.4 Å². The number of piperidine rings is 1. The number of rotatable bonds is 7. The van der Waals surface area contributed by atoms with Crippen LogP contribution in [0.3, 0.4) is 0 Å². The molecule has 0 bridgehead atoms. The minimum absolute atomic E-state index is 0.0735. The van der Waals surface area contributed by atoms with E-state index in [2.05, 4.69) is 6.92 Å². The van der Waals surface area contributed by atoms with Crippen LogP contribution in [0.15, 0.2) is 99.8 Å². The van der Waals surface area contributed by atoms with E-state index in [9.17, 15) is 22.1 Å². The third kappa shape index (κ3) is 5.99. The van der Waals surface area contributed by atoms with Gasteiger partial charge in [-0.1, -0.05) is 48.9 Å². The average Bonchev–Trinajstić information content (AvgIpc) is 3.41. The molecule has 8 nitrogen and oxygen atoms in total. The number of allylic oxidation sites excluding steroid dienone is 1. The number of nitrogens with zero attached hydrogens (tertiary/aromatic N) is 4. The predicted octanol–water partition coefficient (Wildman–Crippen LogP) is 5.95. The van der Waals surface area contributed by atoms with Crippen molar-refractivity contribution in [1.29, 1.82) is 5.26 Å². The number of hydrogen-bond donors (Lipinski definition) is 0. The van der Waals surface area contributed by atoms with Crippen LogP contribution in [0, 0.1) is 17.2 Å². The molecule has 0 aliphatic carbocycles. The van der Waals surface area contributed by atoms with Crippen LogP contribution in [-0.4, -0.2) is 44.0 Å². The van der Waals surface area contributed by atoms with E-state index in [1.54, 1.807) is 35.1 Å². The van der Waals surface area contributed by atoms with Gasteiger partial charge < -0.3 is 0 Å². The Bertz CT molecular complexity index is 1850. The maximum absolute atomic E-state index is 13.5. The highest BCUT2D eigenvalue weighted by Crippen LogP contribution is 2.31. The van der Waals surface area contributed by atoms with Crippen molar-refractivity contribution in [2.45, 2.75) is 29.6 Å². The molecule has 0 saturated carbocycles. The maximum atomic E-state index is 13.5. The van der Waals surface area contributed by atoms with Crippen molar-refractivity contribution in [3.63, 3.8) is 0 Å². The third-order valence-electron chi connectivity index (χ3n) is 7.06. The Morgan fingerprint density at radius 1 is 0.951 bits per heavy atom. The van der Waals surface area contributed by atoms with Crippen molar-refractivity contribution in [3.05, 3.63) is 101 Å². The molecule has 41 heavy (non-hydrogen) atoms. The highest BCUT2D eigenvalue weighted by molar-refractivity contribution is 7.95. The number of nitriles is 1. The van der Waals surface area contributed by atoms with Crippen molar-refractivity contribution in [2.24, 2.45) is 5.92 Å². The van der Waals surface area contributed by atoms with Gasteiger partial charge in [-0.2, -0.15) is 14.7 Å². The maximum Gasteiger partial charge on any atom is 0.243 e. The Morgan fingerprint density at radius 2 is 1.63 bits per heavy atom. The van der Waals surface area contributed by atoms with Crippen molar-refractivity contribution >= 4 is 37.5 Å². The molecule has 210 valence electrons. The van der Waals surface area contributed by atoms with E-state index in [0.29, 0.717) is 46.5 Å². The van der Waals surface area contributed by atoms with Crippen LogP contribution in [0.5, 0.6) is 0 Å². The summed E-state index contributed by atoms with van der Waals surface area (Å²) in [4.78, 5) is -0.432. The summed E-state index contributed by atoms with van der Waals surface area (Å²) in [6.07, 6.45) is 4.48. The molecule has 0 unspecified atom stereocenters. The first-order chi connectivity index (χ1) is 19.6. The Labute approximate surface area is 245 Å². The molecular formula is C30H27ClN4O4S2. The van der Waals surface area contributed by atoms with Crippen LogP contribution in [-0.2, 0) is 19.9 Å². The van der Waals surface area contributed by atoms with E-state index in [-0.39, 0.29) is 9.79 Å². The number of aromatic nitrogens is 2. The van der Waals surface area contributed by atoms with Crippen molar-refractivity contribution in [3.8, 4) is 23.0 Å². The molecule has 5 rings (SSSR count). The molecule has 1 fully saturated rings. The molecule has 0 spiro atoms. The van der Waals surface area contributed by atoms with Crippen LogP contribution in [0.4, 0.5) is 0 Å². The number of sulfone groups is 1. The van der Waals surface area contributed by atoms with Gasteiger partial charge in [0.15, 0.2) is 0 Å². The van der Waals surface area contributed by atoms with Crippen molar-refractivity contribution in [2.75, 3.05) is 13.1 Å². The molecule has 11 heteroatoms. The number of hydrogen-bond acceptors (Lipinski definition) is 6. The van der Waals surface area contributed by atoms with Crippen LogP contribution in [0.1, 0.15) is 25.3 Å². The Kier molecular flexibility index (Phi) is 8.16. The Balaban J connectivity index is 1.62. The molecule has 0 atom stereocenters. The SMILES string of the molecule is CC1CCN(S(=O)(=O)c2cccc(-c3nn(-c4ccccc4)cc3/C=C(/C#N)S(=O)(=O)c3ccc(Cl)cc3)c2)CC1. The highest BCUT2D eigenvalue weighted by Gasteiger charge is 2.29. The topological polar surface area (TPSA) is 113 Å². The fraction of sp³-hybridized carbons (Fsp3) is 0.200. The predicted molar refractivity (Wildman–Crippen MR) is 158 cm³/mol. The largest absolute Gasteiger partial charge is 0.243 e.